The Hall–Kier alpha value is -1.85. The molecule has 0 saturated carbocycles. The van der Waals surface area contributed by atoms with Crippen molar-refractivity contribution in [2.45, 2.75) is 6.61 Å². The van der Waals surface area contributed by atoms with E-state index >= 15 is 0 Å². The lowest BCUT2D eigenvalue weighted by molar-refractivity contribution is 0.185. The van der Waals surface area contributed by atoms with Crippen molar-refractivity contribution in [3.63, 3.8) is 0 Å². The Labute approximate surface area is 110 Å². The first kappa shape index (κ1) is 12.6. The van der Waals surface area contributed by atoms with E-state index in [9.17, 15) is 0 Å². The summed E-state index contributed by atoms with van der Waals surface area (Å²) in [7, 11) is 1.65. The molecule has 0 bridgehead atoms. The van der Waals surface area contributed by atoms with Crippen LogP contribution in [0.3, 0.4) is 0 Å². The average molecular weight is 265 g/mol. The number of nitrogens with zero attached hydrogens (tertiary/aromatic N) is 2. The topological polar surface area (TPSA) is 73.1 Å². The van der Waals surface area contributed by atoms with Gasteiger partial charge in [0.1, 0.15) is 0 Å². The summed E-state index contributed by atoms with van der Waals surface area (Å²) < 4.78 is 5.13. The third-order valence-electron chi connectivity index (χ3n) is 2.36. The number of hydrogen-bond donors (Lipinski definition) is 2. The van der Waals surface area contributed by atoms with Gasteiger partial charge in [-0.25, -0.2) is 4.98 Å². The summed E-state index contributed by atoms with van der Waals surface area (Å²) in [6.07, 6.45) is 1.47. The number of aromatic nitrogens is 2. The molecule has 0 spiro atoms. The van der Waals surface area contributed by atoms with Gasteiger partial charge in [0, 0.05) is 18.4 Å². The first-order valence-corrected chi connectivity index (χ1v) is 5.70. The molecule has 0 radical (unpaired) electrons. The fraction of sp³-hybridized carbons (Fsp3) is 0.167. The van der Waals surface area contributed by atoms with E-state index in [0.29, 0.717) is 18.1 Å². The van der Waals surface area contributed by atoms with E-state index in [4.69, 9.17) is 22.1 Å². The zero-order valence-corrected chi connectivity index (χ0v) is 10.6. The van der Waals surface area contributed by atoms with Crippen LogP contribution < -0.4 is 11.1 Å². The largest absolute Gasteiger partial charge is 0.394 e. The lowest BCUT2D eigenvalue weighted by atomic mass is 10.2. The minimum atomic E-state index is 0.149. The first-order chi connectivity index (χ1) is 8.70. The van der Waals surface area contributed by atoms with E-state index in [2.05, 4.69) is 15.3 Å². The molecule has 5 nitrogen and oxygen atoms in total. The Kier molecular flexibility index (Phi) is 3.96. The van der Waals surface area contributed by atoms with Crippen molar-refractivity contribution < 1.29 is 4.74 Å². The molecule has 0 unspecified atom stereocenters. The molecule has 2 aromatic rings. The second-order valence-corrected chi connectivity index (χ2v) is 4.00. The van der Waals surface area contributed by atoms with Gasteiger partial charge in [0.15, 0.2) is 5.82 Å². The quantitative estimate of drug-likeness (QED) is 0.831. The maximum absolute atomic E-state index is 5.78. The zero-order chi connectivity index (χ0) is 13.0. The van der Waals surface area contributed by atoms with Crippen molar-refractivity contribution in [1.82, 2.24) is 9.97 Å². The van der Waals surface area contributed by atoms with Crippen LogP contribution in [0, 0.1) is 0 Å². The Morgan fingerprint density at radius 3 is 2.94 bits per heavy atom. The summed E-state index contributed by atoms with van der Waals surface area (Å²) in [5.74, 6) is 0.485. The number of ether oxygens (including phenoxy) is 1. The van der Waals surface area contributed by atoms with Crippen molar-refractivity contribution >= 4 is 28.8 Å². The van der Waals surface area contributed by atoms with Gasteiger partial charge < -0.3 is 15.8 Å². The molecular formula is C12H13ClN4O. The standard InChI is InChI=1S/C12H13ClN4O/c1-18-7-8-4-2-3-5-10(8)16-11-9(14)6-15-12(13)17-11/h2-6H,7,14H2,1H3,(H,15,16,17). The van der Waals surface area contributed by atoms with Gasteiger partial charge in [0.05, 0.1) is 18.5 Å². The summed E-state index contributed by atoms with van der Waals surface area (Å²) in [5.41, 5.74) is 8.10. The number of rotatable bonds is 4. The molecule has 1 aromatic heterocycles. The molecule has 0 atom stereocenters. The van der Waals surface area contributed by atoms with Crippen molar-refractivity contribution in [2.75, 3.05) is 18.2 Å². The second-order valence-electron chi connectivity index (χ2n) is 3.66. The van der Waals surface area contributed by atoms with E-state index in [0.717, 1.165) is 11.3 Å². The van der Waals surface area contributed by atoms with E-state index < -0.39 is 0 Å². The lowest BCUT2D eigenvalue weighted by Crippen LogP contribution is -2.03. The molecule has 0 aliphatic rings. The van der Waals surface area contributed by atoms with Gasteiger partial charge in [-0.2, -0.15) is 4.98 Å². The molecular weight excluding hydrogens is 252 g/mol. The molecule has 6 heteroatoms. The summed E-state index contributed by atoms with van der Waals surface area (Å²) in [6.45, 7) is 0.502. The minimum Gasteiger partial charge on any atom is -0.394 e. The smallest absolute Gasteiger partial charge is 0.224 e. The molecule has 2 rings (SSSR count). The highest BCUT2D eigenvalue weighted by Crippen LogP contribution is 2.24. The minimum absolute atomic E-state index is 0.149. The average Bonchev–Trinajstić information content (AvgIpc) is 2.36. The van der Waals surface area contributed by atoms with Crippen LogP contribution >= 0.6 is 11.6 Å². The van der Waals surface area contributed by atoms with E-state index in [1.54, 1.807) is 7.11 Å². The van der Waals surface area contributed by atoms with Crippen LogP contribution in [0.4, 0.5) is 17.2 Å². The van der Waals surface area contributed by atoms with Crippen molar-refractivity contribution in [1.29, 1.82) is 0 Å². The molecule has 0 fully saturated rings. The predicted octanol–water partition coefficient (Wildman–Crippen LogP) is 2.60. The molecule has 1 aromatic carbocycles. The molecule has 0 amide bonds. The SMILES string of the molecule is COCc1ccccc1Nc1nc(Cl)ncc1N. The molecule has 0 aliphatic heterocycles. The van der Waals surface area contributed by atoms with E-state index in [-0.39, 0.29) is 5.28 Å². The molecule has 3 N–H and O–H groups in total. The number of nitrogen functional groups attached to an aromatic ring is 1. The Balaban J connectivity index is 2.30. The summed E-state index contributed by atoms with van der Waals surface area (Å²) in [6, 6.07) is 7.74. The Morgan fingerprint density at radius 2 is 2.17 bits per heavy atom. The highest BCUT2D eigenvalue weighted by molar-refractivity contribution is 6.28. The number of anilines is 3. The summed E-state index contributed by atoms with van der Waals surface area (Å²) >= 11 is 5.74. The molecule has 0 aliphatic carbocycles. The highest BCUT2D eigenvalue weighted by atomic mass is 35.5. The fourth-order valence-electron chi connectivity index (χ4n) is 1.52. The number of para-hydroxylation sites is 1. The number of benzene rings is 1. The number of methoxy groups -OCH3 is 1. The molecule has 0 saturated heterocycles. The summed E-state index contributed by atoms with van der Waals surface area (Å²) in [5, 5.41) is 3.27. The summed E-state index contributed by atoms with van der Waals surface area (Å²) in [4.78, 5) is 7.85. The molecule has 18 heavy (non-hydrogen) atoms. The van der Waals surface area contributed by atoms with Gasteiger partial charge in [-0.15, -0.1) is 0 Å². The Bertz CT molecular complexity index is 547. The predicted molar refractivity (Wildman–Crippen MR) is 71.9 cm³/mol. The highest BCUT2D eigenvalue weighted by Gasteiger charge is 2.06. The van der Waals surface area contributed by atoms with Gasteiger partial charge >= 0.3 is 0 Å². The third kappa shape index (κ3) is 2.88. The monoisotopic (exact) mass is 264 g/mol. The van der Waals surface area contributed by atoms with Gasteiger partial charge in [-0.3, -0.25) is 0 Å². The Morgan fingerprint density at radius 1 is 1.39 bits per heavy atom. The maximum atomic E-state index is 5.78. The van der Waals surface area contributed by atoms with Crippen LogP contribution in [0.15, 0.2) is 30.5 Å². The van der Waals surface area contributed by atoms with E-state index in [1.807, 2.05) is 24.3 Å². The van der Waals surface area contributed by atoms with Gasteiger partial charge in [0.2, 0.25) is 5.28 Å². The van der Waals surface area contributed by atoms with Crippen LogP contribution in [-0.2, 0) is 11.3 Å². The molecule has 1 heterocycles. The normalized spacial score (nSPS) is 10.3. The number of nitrogens with two attached hydrogens (primary N) is 1. The van der Waals surface area contributed by atoms with Gasteiger partial charge in [0.25, 0.3) is 0 Å². The van der Waals surface area contributed by atoms with Crippen LogP contribution in [-0.4, -0.2) is 17.1 Å². The van der Waals surface area contributed by atoms with Crippen LogP contribution in [0.1, 0.15) is 5.56 Å². The maximum Gasteiger partial charge on any atom is 0.224 e. The number of halogens is 1. The zero-order valence-electron chi connectivity index (χ0n) is 9.85. The van der Waals surface area contributed by atoms with Crippen molar-refractivity contribution in [2.24, 2.45) is 0 Å². The van der Waals surface area contributed by atoms with Crippen LogP contribution in [0.5, 0.6) is 0 Å². The number of hydrogen-bond acceptors (Lipinski definition) is 5. The first-order valence-electron chi connectivity index (χ1n) is 5.32. The molecule has 94 valence electrons. The second kappa shape index (κ2) is 5.66. The van der Waals surface area contributed by atoms with Crippen LogP contribution in [0.25, 0.3) is 0 Å². The van der Waals surface area contributed by atoms with Crippen LogP contribution in [0.2, 0.25) is 5.28 Å². The van der Waals surface area contributed by atoms with Gasteiger partial charge in [-0.1, -0.05) is 18.2 Å². The van der Waals surface area contributed by atoms with Crippen molar-refractivity contribution in [3.05, 3.63) is 41.3 Å². The lowest BCUT2D eigenvalue weighted by Gasteiger charge is -2.12. The fourth-order valence-corrected chi connectivity index (χ4v) is 1.65. The van der Waals surface area contributed by atoms with Crippen molar-refractivity contribution in [3.8, 4) is 0 Å². The third-order valence-corrected chi connectivity index (χ3v) is 2.54. The van der Waals surface area contributed by atoms with Gasteiger partial charge in [-0.05, 0) is 17.7 Å². The number of nitrogens with one attached hydrogen (secondary N) is 1. The van der Waals surface area contributed by atoms with E-state index in [1.165, 1.54) is 6.20 Å².